The van der Waals surface area contributed by atoms with Crippen molar-refractivity contribution in [1.82, 2.24) is 0 Å². The molecule has 0 heterocycles. The molecule has 1 aromatic rings. The average Bonchev–Trinajstić information content (AvgIpc) is 2.25. The van der Waals surface area contributed by atoms with E-state index in [-0.39, 0.29) is 0 Å². The molecule has 94 valence electrons. The van der Waals surface area contributed by atoms with E-state index in [0.29, 0.717) is 6.61 Å². The molecule has 0 saturated heterocycles. The molecule has 0 fully saturated rings. The first-order chi connectivity index (χ1) is 8.11. The summed E-state index contributed by atoms with van der Waals surface area (Å²) < 4.78 is 12.2. The molecule has 2 nitrogen and oxygen atoms in total. The van der Waals surface area contributed by atoms with Gasteiger partial charge in [-0.1, -0.05) is 28.4 Å². The average molecular weight is 299 g/mol. The highest BCUT2D eigenvalue weighted by atomic mass is 79.9. The minimum Gasteiger partial charge on any atom is -0.493 e. The molecule has 0 aliphatic carbocycles. The highest BCUT2D eigenvalue weighted by Crippen LogP contribution is 2.26. The van der Waals surface area contributed by atoms with Crippen LogP contribution < -0.4 is 9.47 Å². The summed E-state index contributed by atoms with van der Waals surface area (Å²) in [6.45, 7) is 7.51. The Morgan fingerprint density at radius 3 is 2.41 bits per heavy atom. The second-order valence-corrected chi connectivity index (χ2v) is 4.98. The van der Waals surface area contributed by atoms with Gasteiger partial charge in [0.2, 0.25) is 0 Å². The predicted molar refractivity (Wildman–Crippen MR) is 74.9 cm³/mol. The van der Waals surface area contributed by atoms with Gasteiger partial charge in [-0.3, -0.25) is 0 Å². The predicted octanol–water partition coefficient (Wildman–Crippen LogP) is 4.58. The number of halogens is 1. The third kappa shape index (κ3) is 5.78. The molecular weight excluding hydrogens is 280 g/mol. The lowest BCUT2D eigenvalue weighted by Crippen LogP contribution is -1.97. The van der Waals surface area contributed by atoms with Crippen LogP contribution in [-0.2, 0) is 0 Å². The minimum atomic E-state index is 0.589. The first-order valence-corrected chi connectivity index (χ1v) is 6.60. The van der Waals surface area contributed by atoms with Gasteiger partial charge < -0.3 is 9.47 Å². The van der Waals surface area contributed by atoms with E-state index in [0.717, 1.165) is 29.0 Å². The van der Waals surface area contributed by atoms with Gasteiger partial charge in [-0.15, -0.1) is 0 Å². The molecule has 0 spiro atoms. The van der Waals surface area contributed by atoms with Gasteiger partial charge in [-0.25, -0.2) is 0 Å². The van der Waals surface area contributed by atoms with Gasteiger partial charge in [0, 0.05) is 10.5 Å². The van der Waals surface area contributed by atoms with Gasteiger partial charge in [-0.05, 0) is 38.5 Å². The lowest BCUT2D eigenvalue weighted by Gasteiger charge is -2.09. The van der Waals surface area contributed by atoms with Gasteiger partial charge in [0.05, 0.1) is 6.61 Å². The van der Waals surface area contributed by atoms with Crippen molar-refractivity contribution in [3.05, 3.63) is 34.3 Å². The highest BCUT2D eigenvalue weighted by Gasteiger charge is 2.01. The van der Waals surface area contributed by atoms with Crippen LogP contribution in [-0.4, -0.2) is 13.2 Å². The molecule has 0 aliphatic rings. The van der Waals surface area contributed by atoms with Crippen molar-refractivity contribution in [2.45, 2.75) is 27.2 Å². The molecule has 0 aromatic heterocycles. The van der Waals surface area contributed by atoms with Crippen molar-refractivity contribution in [2.75, 3.05) is 13.2 Å². The third-order valence-corrected chi connectivity index (χ3v) is 2.52. The number of allylic oxidation sites excluding steroid dienone is 1. The smallest absolute Gasteiger partial charge is 0.124 e. The second kappa shape index (κ2) is 7.38. The van der Waals surface area contributed by atoms with E-state index in [2.05, 4.69) is 36.7 Å². The Bertz CT molecular complexity index is 382. The molecule has 1 aromatic carbocycles. The van der Waals surface area contributed by atoms with Crippen LogP contribution in [0.3, 0.4) is 0 Å². The maximum Gasteiger partial charge on any atom is 0.124 e. The second-order valence-electron chi connectivity index (χ2n) is 4.06. The van der Waals surface area contributed by atoms with Crippen LogP contribution in [0.25, 0.3) is 0 Å². The number of ether oxygens (including phenoxy) is 2. The first-order valence-electron chi connectivity index (χ1n) is 5.81. The maximum absolute atomic E-state index is 5.63. The van der Waals surface area contributed by atoms with E-state index < -0.39 is 0 Å². The Morgan fingerprint density at radius 2 is 1.82 bits per heavy atom. The van der Waals surface area contributed by atoms with Gasteiger partial charge in [0.15, 0.2) is 0 Å². The minimum absolute atomic E-state index is 0.589. The fraction of sp³-hybridized carbons (Fsp3) is 0.429. The van der Waals surface area contributed by atoms with Crippen LogP contribution in [0.2, 0.25) is 0 Å². The molecule has 0 unspecified atom stereocenters. The summed E-state index contributed by atoms with van der Waals surface area (Å²) in [5.41, 5.74) is 1.25. The lowest BCUT2D eigenvalue weighted by atomic mass is 10.3. The molecule has 0 aliphatic heterocycles. The quantitative estimate of drug-likeness (QED) is 0.716. The zero-order valence-corrected chi connectivity index (χ0v) is 12.2. The van der Waals surface area contributed by atoms with Crippen molar-refractivity contribution >= 4 is 15.9 Å². The van der Waals surface area contributed by atoms with E-state index in [1.165, 1.54) is 5.57 Å². The molecule has 0 N–H and O–H groups in total. The summed E-state index contributed by atoms with van der Waals surface area (Å²) in [4.78, 5) is 0. The molecule has 0 amide bonds. The van der Waals surface area contributed by atoms with Crippen LogP contribution in [0, 0.1) is 0 Å². The normalized spacial score (nSPS) is 9.88. The number of hydrogen-bond acceptors (Lipinski definition) is 2. The van der Waals surface area contributed by atoms with Gasteiger partial charge in [-0.2, -0.15) is 0 Å². The van der Waals surface area contributed by atoms with Crippen molar-refractivity contribution < 1.29 is 9.47 Å². The van der Waals surface area contributed by atoms with E-state index in [1.54, 1.807) is 0 Å². The summed E-state index contributed by atoms with van der Waals surface area (Å²) in [7, 11) is 0. The van der Waals surface area contributed by atoms with E-state index >= 15 is 0 Å². The molecule has 0 bridgehead atoms. The Morgan fingerprint density at radius 1 is 1.18 bits per heavy atom. The number of benzene rings is 1. The molecule has 17 heavy (non-hydrogen) atoms. The van der Waals surface area contributed by atoms with Crippen molar-refractivity contribution in [3.63, 3.8) is 0 Å². The van der Waals surface area contributed by atoms with E-state index in [9.17, 15) is 0 Å². The summed E-state index contributed by atoms with van der Waals surface area (Å²) in [6, 6.07) is 5.81. The highest BCUT2D eigenvalue weighted by molar-refractivity contribution is 9.10. The van der Waals surface area contributed by atoms with E-state index in [4.69, 9.17) is 9.47 Å². The van der Waals surface area contributed by atoms with Crippen molar-refractivity contribution in [1.29, 1.82) is 0 Å². The number of hydrogen-bond donors (Lipinski definition) is 0. The molecule has 1 rings (SSSR count). The Hall–Kier alpha value is -0.960. The van der Waals surface area contributed by atoms with Gasteiger partial charge in [0.25, 0.3) is 0 Å². The van der Waals surface area contributed by atoms with Crippen molar-refractivity contribution in [2.24, 2.45) is 0 Å². The lowest BCUT2D eigenvalue weighted by molar-refractivity contribution is 0.311. The van der Waals surface area contributed by atoms with Crippen LogP contribution >= 0.6 is 15.9 Å². The maximum atomic E-state index is 5.63. The Balaban J connectivity index is 2.65. The zero-order chi connectivity index (χ0) is 12.7. The Labute approximate surface area is 112 Å². The molecule has 0 atom stereocenters. The van der Waals surface area contributed by atoms with E-state index in [1.807, 2.05) is 24.3 Å². The summed E-state index contributed by atoms with van der Waals surface area (Å²) >= 11 is 3.45. The molecule has 0 saturated carbocycles. The van der Waals surface area contributed by atoms with Crippen molar-refractivity contribution in [3.8, 4) is 11.5 Å². The summed E-state index contributed by atoms with van der Waals surface area (Å²) in [5.74, 6) is 1.66. The fourth-order valence-corrected chi connectivity index (χ4v) is 1.68. The van der Waals surface area contributed by atoms with Crippen LogP contribution in [0.1, 0.15) is 27.2 Å². The summed E-state index contributed by atoms with van der Waals surface area (Å²) in [6.07, 6.45) is 3.05. The third-order valence-electron chi connectivity index (χ3n) is 2.06. The fourth-order valence-electron chi connectivity index (χ4n) is 1.23. The zero-order valence-electron chi connectivity index (χ0n) is 10.6. The van der Waals surface area contributed by atoms with Gasteiger partial charge >= 0.3 is 0 Å². The first kappa shape index (κ1) is 14.1. The van der Waals surface area contributed by atoms with Crippen LogP contribution in [0.15, 0.2) is 34.3 Å². The van der Waals surface area contributed by atoms with Gasteiger partial charge in [0.1, 0.15) is 18.1 Å². The monoisotopic (exact) mass is 298 g/mol. The summed E-state index contributed by atoms with van der Waals surface area (Å²) in [5, 5.41) is 0. The largest absolute Gasteiger partial charge is 0.493 e. The number of rotatable bonds is 6. The van der Waals surface area contributed by atoms with Crippen LogP contribution in [0.4, 0.5) is 0 Å². The Kier molecular flexibility index (Phi) is 6.12. The standard InChI is InChI=1S/C14H19BrO2/c1-4-6-16-13-8-12(15)9-14(10-13)17-7-5-11(2)3/h5,8-10H,4,6-7H2,1-3H3. The van der Waals surface area contributed by atoms with Crippen LogP contribution in [0.5, 0.6) is 11.5 Å². The molecule has 0 radical (unpaired) electrons. The molecular formula is C14H19BrO2. The topological polar surface area (TPSA) is 18.5 Å². The SMILES string of the molecule is CCCOc1cc(Br)cc(OCC=C(C)C)c1. The molecule has 3 heteroatoms.